The molecule has 4 heteroatoms. The molecule has 0 aromatic heterocycles. The standard InChI is InChI=1S/C16H27ClN2O/c1-13(2)19(10-11-20-4)9-8-16(18-3)14-6-5-7-15(17)12-14/h5-7,12-13,16,18H,8-11H2,1-4H3. The van der Waals surface area contributed by atoms with Crippen molar-refractivity contribution >= 4 is 11.6 Å². The van der Waals surface area contributed by atoms with Crippen molar-refractivity contribution in [3.63, 3.8) is 0 Å². The maximum Gasteiger partial charge on any atom is 0.0589 e. The van der Waals surface area contributed by atoms with Gasteiger partial charge in [-0.15, -0.1) is 0 Å². The Bertz CT molecular complexity index is 384. The van der Waals surface area contributed by atoms with E-state index in [0.717, 1.165) is 31.1 Å². The summed E-state index contributed by atoms with van der Waals surface area (Å²) in [5.41, 5.74) is 1.25. The molecule has 0 aliphatic carbocycles. The molecule has 1 aromatic rings. The van der Waals surface area contributed by atoms with Gasteiger partial charge in [0.1, 0.15) is 0 Å². The summed E-state index contributed by atoms with van der Waals surface area (Å²) in [5.74, 6) is 0. The van der Waals surface area contributed by atoms with Gasteiger partial charge < -0.3 is 10.1 Å². The molecule has 1 unspecified atom stereocenters. The summed E-state index contributed by atoms with van der Waals surface area (Å²) in [6.45, 7) is 7.24. The molecule has 0 saturated heterocycles. The first-order chi connectivity index (χ1) is 9.58. The molecule has 0 heterocycles. The van der Waals surface area contributed by atoms with Gasteiger partial charge in [-0.25, -0.2) is 0 Å². The number of benzene rings is 1. The number of rotatable bonds is 9. The quantitative estimate of drug-likeness (QED) is 0.757. The van der Waals surface area contributed by atoms with Gasteiger partial charge in [-0.3, -0.25) is 4.90 Å². The lowest BCUT2D eigenvalue weighted by Crippen LogP contribution is -2.36. The van der Waals surface area contributed by atoms with Gasteiger partial charge in [-0.05, 0) is 45.0 Å². The van der Waals surface area contributed by atoms with Crippen LogP contribution in [0.4, 0.5) is 0 Å². The molecule has 0 radical (unpaired) electrons. The third-order valence-corrected chi connectivity index (χ3v) is 3.85. The maximum absolute atomic E-state index is 6.07. The first kappa shape index (κ1) is 17.4. The summed E-state index contributed by atoms with van der Waals surface area (Å²) in [5, 5.41) is 4.17. The predicted molar refractivity (Wildman–Crippen MR) is 86.5 cm³/mol. The predicted octanol–water partition coefficient (Wildman–Crippen LogP) is 3.35. The number of hydrogen-bond donors (Lipinski definition) is 1. The molecule has 1 aromatic carbocycles. The number of ether oxygens (including phenoxy) is 1. The first-order valence-electron chi connectivity index (χ1n) is 7.24. The normalized spacial score (nSPS) is 13.2. The fraction of sp³-hybridized carbons (Fsp3) is 0.625. The minimum absolute atomic E-state index is 0.331. The average molecular weight is 299 g/mol. The molecule has 0 bridgehead atoms. The molecule has 114 valence electrons. The van der Waals surface area contributed by atoms with Crippen molar-refractivity contribution in [3.8, 4) is 0 Å². The van der Waals surface area contributed by atoms with Crippen molar-refractivity contribution in [3.05, 3.63) is 34.9 Å². The smallest absolute Gasteiger partial charge is 0.0589 e. The summed E-state index contributed by atoms with van der Waals surface area (Å²) in [6, 6.07) is 8.95. The van der Waals surface area contributed by atoms with E-state index in [2.05, 4.69) is 30.1 Å². The fourth-order valence-corrected chi connectivity index (χ4v) is 2.53. The molecular formula is C16H27ClN2O. The van der Waals surface area contributed by atoms with Crippen LogP contribution in [0, 0.1) is 0 Å². The van der Waals surface area contributed by atoms with E-state index in [0.29, 0.717) is 12.1 Å². The minimum Gasteiger partial charge on any atom is -0.383 e. The van der Waals surface area contributed by atoms with Crippen molar-refractivity contribution in [2.45, 2.75) is 32.4 Å². The fourth-order valence-electron chi connectivity index (χ4n) is 2.33. The molecule has 0 saturated carbocycles. The highest BCUT2D eigenvalue weighted by Gasteiger charge is 2.14. The van der Waals surface area contributed by atoms with Crippen LogP contribution in [-0.4, -0.2) is 44.8 Å². The maximum atomic E-state index is 6.07. The van der Waals surface area contributed by atoms with Crippen LogP contribution in [0.15, 0.2) is 24.3 Å². The molecule has 20 heavy (non-hydrogen) atoms. The molecule has 3 nitrogen and oxygen atoms in total. The number of nitrogens with zero attached hydrogens (tertiary/aromatic N) is 1. The van der Waals surface area contributed by atoms with Crippen LogP contribution in [0.2, 0.25) is 5.02 Å². The largest absolute Gasteiger partial charge is 0.383 e. The molecule has 0 aliphatic rings. The van der Waals surface area contributed by atoms with Gasteiger partial charge in [0.05, 0.1) is 6.61 Å². The molecule has 0 amide bonds. The Labute approximate surface area is 128 Å². The molecule has 0 aliphatic heterocycles. The van der Waals surface area contributed by atoms with Gasteiger partial charge in [0.15, 0.2) is 0 Å². The second kappa shape index (κ2) is 9.35. The molecule has 0 fully saturated rings. The SMILES string of the molecule is CNC(CCN(CCOC)C(C)C)c1cccc(Cl)c1. The lowest BCUT2D eigenvalue weighted by atomic mass is 10.0. The number of halogens is 1. The van der Waals surface area contributed by atoms with E-state index >= 15 is 0 Å². The van der Waals surface area contributed by atoms with Crippen LogP contribution in [0.25, 0.3) is 0 Å². The average Bonchev–Trinajstić information content (AvgIpc) is 2.42. The lowest BCUT2D eigenvalue weighted by Gasteiger charge is -2.28. The Kier molecular flexibility index (Phi) is 8.15. The Morgan fingerprint density at radius 2 is 2.05 bits per heavy atom. The molecule has 1 atom stereocenters. The number of methoxy groups -OCH3 is 1. The van der Waals surface area contributed by atoms with Crippen LogP contribution in [-0.2, 0) is 4.74 Å². The molecule has 1 N–H and O–H groups in total. The molecular weight excluding hydrogens is 272 g/mol. The van der Waals surface area contributed by atoms with Crippen molar-refractivity contribution in [2.24, 2.45) is 0 Å². The van der Waals surface area contributed by atoms with Gasteiger partial charge >= 0.3 is 0 Å². The summed E-state index contributed by atoms with van der Waals surface area (Å²) >= 11 is 6.07. The third-order valence-electron chi connectivity index (χ3n) is 3.62. The summed E-state index contributed by atoms with van der Waals surface area (Å²) in [6.07, 6.45) is 1.05. The third kappa shape index (κ3) is 5.80. The highest BCUT2D eigenvalue weighted by Crippen LogP contribution is 2.20. The highest BCUT2D eigenvalue weighted by molar-refractivity contribution is 6.30. The summed E-state index contributed by atoms with van der Waals surface area (Å²) in [7, 11) is 3.75. The lowest BCUT2D eigenvalue weighted by molar-refractivity contribution is 0.126. The monoisotopic (exact) mass is 298 g/mol. The molecule has 1 rings (SSSR count). The Balaban J connectivity index is 2.59. The van der Waals surface area contributed by atoms with Crippen LogP contribution < -0.4 is 5.32 Å². The van der Waals surface area contributed by atoms with Gasteiger partial charge in [-0.1, -0.05) is 23.7 Å². The van der Waals surface area contributed by atoms with Gasteiger partial charge in [0.25, 0.3) is 0 Å². The van der Waals surface area contributed by atoms with E-state index < -0.39 is 0 Å². The van der Waals surface area contributed by atoms with Crippen LogP contribution in [0.3, 0.4) is 0 Å². The van der Waals surface area contributed by atoms with Crippen molar-refractivity contribution in [1.29, 1.82) is 0 Å². The second-order valence-corrected chi connectivity index (χ2v) is 5.74. The zero-order valence-corrected chi connectivity index (χ0v) is 13.8. The van der Waals surface area contributed by atoms with Crippen molar-refractivity contribution in [2.75, 3.05) is 33.9 Å². The zero-order chi connectivity index (χ0) is 15.0. The first-order valence-corrected chi connectivity index (χ1v) is 7.62. The van der Waals surface area contributed by atoms with Gasteiger partial charge in [-0.2, -0.15) is 0 Å². The van der Waals surface area contributed by atoms with E-state index in [1.807, 2.05) is 25.2 Å². The van der Waals surface area contributed by atoms with Crippen LogP contribution in [0.5, 0.6) is 0 Å². The van der Waals surface area contributed by atoms with Crippen molar-refractivity contribution < 1.29 is 4.74 Å². The van der Waals surface area contributed by atoms with Crippen LogP contribution >= 0.6 is 11.6 Å². The van der Waals surface area contributed by atoms with E-state index in [4.69, 9.17) is 16.3 Å². The van der Waals surface area contributed by atoms with Crippen LogP contribution in [0.1, 0.15) is 31.9 Å². The van der Waals surface area contributed by atoms with E-state index in [1.165, 1.54) is 5.56 Å². The Hall–Kier alpha value is -0.610. The Morgan fingerprint density at radius 1 is 1.30 bits per heavy atom. The molecule has 0 spiro atoms. The Morgan fingerprint density at radius 3 is 2.60 bits per heavy atom. The summed E-state index contributed by atoms with van der Waals surface area (Å²) in [4.78, 5) is 2.44. The van der Waals surface area contributed by atoms with Gasteiger partial charge in [0.2, 0.25) is 0 Å². The van der Waals surface area contributed by atoms with Crippen molar-refractivity contribution in [1.82, 2.24) is 10.2 Å². The topological polar surface area (TPSA) is 24.5 Å². The van der Waals surface area contributed by atoms with E-state index in [-0.39, 0.29) is 0 Å². The number of nitrogens with one attached hydrogen (secondary N) is 1. The highest BCUT2D eigenvalue weighted by atomic mass is 35.5. The minimum atomic E-state index is 0.331. The second-order valence-electron chi connectivity index (χ2n) is 5.31. The van der Waals surface area contributed by atoms with E-state index in [1.54, 1.807) is 7.11 Å². The number of hydrogen-bond acceptors (Lipinski definition) is 3. The summed E-state index contributed by atoms with van der Waals surface area (Å²) < 4.78 is 5.18. The van der Waals surface area contributed by atoms with Gasteiger partial charge in [0, 0.05) is 37.3 Å². The van der Waals surface area contributed by atoms with E-state index in [9.17, 15) is 0 Å². The zero-order valence-electron chi connectivity index (χ0n) is 13.0.